The lowest BCUT2D eigenvalue weighted by molar-refractivity contribution is 0.0609. The first-order chi connectivity index (χ1) is 14.9. The molecule has 7 heteroatoms. The molecule has 0 saturated carbocycles. The Bertz CT molecular complexity index is 1260. The smallest absolute Gasteiger partial charge is 0.261 e. The molecule has 1 atom stereocenters. The Morgan fingerprint density at radius 3 is 2.61 bits per heavy atom. The van der Waals surface area contributed by atoms with Crippen LogP contribution in [0.25, 0.3) is 10.9 Å². The molecule has 31 heavy (non-hydrogen) atoms. The minimum atomic E-state index is -0.346. The van der Waals surface area contributed by atoms with Crippen LogP contribution < -0.4 is 10.1 Å². The number of carbonyl (C=O) groups excluding carboxylic acids is 3. The summed E-state index contributed by atoms with van der Waals surface area (Å²) in [5.41, 5.74) is 4.41. The molecule has 1 unspecified atom stereocenters. The Balaban J connectivity index is 1.35. The van der Waals surface area contributed by atoms with Gasteiger partial charge in [-0.1, -0.05) is 0 Å². The molecule has 0 spiro atoms. The van der Waals surface area contributed by atoms with Crippen molar-refractivity contribution < 1.29 is 19.1 Å². The van der Waals surface area contributed by atoms with E-state index in [4.69, 9.17) is 4.74 Å². The minimum Gasteiger partial charge on any atom is -0.497 e. The maximum absolute atomic E-state index is 12.9. The molecule has 0 saturated heterocycles. The van der Waals surface area contributed by atoms with E-state index in [2.05, 4.69) is 10.3 Å². The third kappa shape index (κ3) is 3.00. The fourth-order valence-corrected chi connectivity index (χ4v) is 4.62. The number of benzene rings is 2. The Labute approximate surface area is 179 Å². The summed E-state index contributed by atoms with van der Waals surface area (Å²) < 4.78 is 5.34. The lowest BCUT2D eigenvalue weighted by Gasteiger charge is -2.17. The van der Waals surface area contributed by atoms with Crippen molar-refractivity contribution in [2.75, 3.05) is 7.11 Å². The molecule has 158 valence electrons. The summed E-state index contributed by atoms with van der Waals surface area (Å²) in [6.07, 6.45) is 1.43. The number of ether oxygens (including phenoxy) is 1. The molecule has 2 N–H and O–H groups in total. The molecular weight excluding hydrogens is 394 g/mol. The summed E-state index contributed by atoms with van der Waals surface area (Å²) in [5, 5.41) is 4.19. The number of rotatable bonds is 4. The zero-order valence-corrected chi connectivity index (χ0v) is 17.6. The molecule has 0 radical (unpaired) electrons. The van der Waals surface area contributed by atoms with E-state index in [1.54, 1.807) is 33.1 Å². The van der Waals surface area contributed by atoms with E-state index in [1.807, 2.05) is 18.2 Å². The topological polar surface area (TPSA) is 91.5 Å². The van der Waals surface area contributed by atoms with Gasteiger partial charge in [0.05, 0.1) is 18.2 Å². The van der Waals surface area contributed by atoms with Gasteiger partial charge < -0.3 is 15.0 Å². The monoisotopic (exact) mass is 417 g/mol. The number of hydrogen-bond donors (Lipinski definition) is 2. The second-order valence-corrected chi connectivity index (χ2v) is 8.41. The molecule has 2 heterocycles. The molecule has 0 fully saturated rings. The van der Waals surface area contributed by atoms with E-state index >= 15 is 0 Å². The van der Waals surface area contributed by atoms with Crippen molar-refractivity contribution in [2.24, 2.45) is 0 Å². The normalized spacial score (nSPS) is 17.4. The van der Waals surface area contributed by atoms with E-state index in [1.165, 1.54) is 16.5 Å². The molecule has 2 aliphatic rings. The van der Waals surface area contributed by atoms with Crippen molar-refractivity contribution in [3.8, 4) is 5.75 Å². The number of methoxy groups -OCH3 is 1. The lowest BCUT2D eigenvalue weighted by atomic mass is 10.0. The van der Waals surface area contributed by atoms with Crippen LogP contribution >= 0.6 is 0 Å². The van der Waals surface area contributed by atoms with Crippen LogP contribution in [-0.4, -0.2) is 46.8 Å². The number of hydrogen-bond acceptors (Lipinski definition) is 4. The van der Waals surface area contributed by atoms with Crippen molar-refractivity contribution in [3.05, 3.63) is 64.3 Å². The van der Waals surface area contributed by atoms with Crippen LogP contribution in [0.15, 0.2) is 36.4 Å². The largest absolute Gasteiger partial charge is 0.497 e. The van der Waals surface area contributed by atoms with Gasteiger partial charge in [0, 0.05) is 40.7 Å². The maximum atomic E-state index is 12.9. The van der Waals surface area contributed by atoms with Gasteiger partial charge >= 0.3 is 0 Å². The van der Waals surface area contributed by atoms with Gasteiger partial charge in [-0.15, -0.1) is 0 Å². The molecule has 3 aromatic rings. The van der Waals surface area contributed by atoms with Crippen LogP contribution in [0.1, 0.15) is 56.2 Å². The van der Waals surface area contributed by atoms with Gasteiger partial charge in [-0.2, -0.15) is 0 Å². The highest BCUT2D eigenvalue weighted by atomic mass is 16.5. The van der Waals surface area contributed by atoms with E-state index < -0.39 is 0 Å². The summed E-state index contributed by atoms with van der Waals surface area (Å²) in [7, 11) is 1.65. The van der Waals surface area contributed by atoms with Crippen LogP contribution in [0.2, 0.25) is 0 Å². The zero-order valence-electron chi connectivity index (χ0n) is 17.6. The van der Waals surface area contributed by atoms with Gasteiger partial charge in [0.1, 0.15) is 5.75 Å². The average molecular weight is 417 g/mol. The molecule has 7 nitrogen and oxygen atoms in total. The Kier molecular flexibility index (Phi) is 4.36. The summed E-state index contributed by atoms with van der Waals surface area (Å²) in [6, 6.07) is 10.4. The average Bonchev–Trinajstić information content (AvgIpc) is 3.36. The second kappa shape index (κ2) is 6.97. The van der Waals surface area contributed by atoms with Crippen LogP contribution in [0.4, 0.5) is 0 Å². The van der Waals surface area contributed by atoms with Crippen molar-refractivity contribution in [1.82, 2.24) is 15.2 Å². The molecule has 3 amide bonds. The van der Waals surface area contributed by atoms with Crippen molar-refractivity contribution in [1.29, 1.82) is 0 Å². The lowest BCUT2D eigenvalue weighted by Crippen LogP contribution is -2.36. The number of nitrogens with one attached hydrogen (secondary N) is 2. The van der Waals surface area contributed by atoms with Crippen molar-refractivity contribution >= 4 is 28.6 Å². The van der Waals surface area contributed by atoms with Gasteiger partial charge in [-0.3, -0.25) is 19.3 Å². The number of aromatic nitrogens is 1. The highest BCUT2D eigenvalue weighted by molar-refractivity contribution is 6.22. The molecule has 5 rings (SSSR count). The first kappa shape index (κ1) is 19.4. The molecule has 1 aromatic heterocycles. The number of amides is 3. The maximum Gasteiger partial charge on any atom is 0.261 e. The number of nitrogens with zero attached hydrogens (tertiary/aromatic N) is 1. The van der Waals surface area contributed by atoms with Crippen molar-refractivity contribution in [3.63, 3.8) is 0 Å². The number of imide groups is 1. The number of H-pyrrole nitrogens is 1. The first-order valence-corrected chi connectivity index (χ1v) is 10.4. The fourth-order valence-electron chi connectivity index (χ4n) is 4.62. The minimum absolute atomic E-state index is 0.0397. The summed E-state index contributed by atoms with van der Waals surface area (Å²) in [6.45, 7) is 3.59. The quantitative estimate of drug-likeness (QED) is 0.638. The van der Waals surface area contributed by atoms with Gasteiger partial charge in [-0.25, -0.2) is 0 Å². The summed E-state index contributed by atoms with van der Waals surface area (Å²) in [4.78, 5) is 42.6. The third-order valence-corrected chi connectivity index (χ3v) is 6.13. The van der Waals surface area contributed by atoms with Crippen molar-refractivity contribution in [2.45, 2.75) is 38.8 Å². The standard InChI is InChI=1S/C24H23N3O4/c1-12(2)27-23(29)16-6-4-13(8-19(16)24(27)30)22(28)25-14-9-17-18-11-15(31-3)5-7-20(18)26-21(17)10-14/h4-8,11-12,14,26H,9-10H2,1-3H3,(H,25,28). The number of aromatic amines is 1. The van der Waals surface area contributed by atoms with Crippen LogP contribution in [-0.2, 0) is 12.8 Å². The summed E-state index contributed by atoms with van der Waals surface area (Å²) >= 11 is 0. The third-order valence-electron chi connectivity index (χ3n) is 6.13. The first-order valence-electron chi connectivity index (χ1n) is 10.4. The highest BCUT2D eigenvalue weighted by Crippen LogP contribution is 2.32. The van der Waals surface area contributed by atoms with E-state index in [-0.39, 0.29) is 29.8 Å². The Hall–Kier alpha value is -3.61. The summed E-state index contributed by atoms with van der Waals surface area (Å²) in [5.74, 6) is -0.0999. The SMILES string of the molecule is COc1ccc2[nH]c3c(c2c1)CC(NC(=O)c1ccc2c(c1)C(=O)N(C(C)C)C2=O)C3. The highest BCUT2D eigenvalue weighted by Gasteiger charge is 2.37. The predicted molar refractivity (Wildman–Crippen MR) is 116 cm³/mol. The molecule has 1 aliphatic heterocycles. The fraction of sp³-hybridized carbons (Fsp3) is 0.292. The predicted octanol–water partition coefficient (Wildman–Crippen LogP) is 3.08. The van der Waals surface area contributed by atoms with Crippen LogP contribution in [0.3, 0.4) is 0 Å². The Morgan fingerprint density at radius 1 is 1.10 bits per heavy atom. The van der Waals surface area contributed by atoms with Gasteiger partial charge in [0.25, 0.3) is 17.7 Å². The van der Waals surface area contributed by atoms with Gasteiger partial charge in [0.2, 0.25) is 0 Å². The molecule has 0 bridgehead atoms. The number of fused-ring (bicyclic) bond motifs is 4. The van der Waals surface area contributed by atoms with E-state index in [0.29, 0.717) is 23.1 Å². The van der Waals surface area contributed by atoms with Gasteiger partial charge in [-0.05, 0) is 62.2 Å². The van der Waals surface area contributed by atoms with Gasteiger partial charge in [0.15, 0.2) is 0 Å². The van der Waals surface area contributed by atoms with Crippen LogP contribution in [0, 0.1) is 0 Å². The van der Waals surface area contributed by atoms with Crippen LogP contribution in [0.5, 0.6) is 5.75 Å². The molecule has 2 aromatic carbocycles. The molecular formula is C24H23N3O4. The van der Waals surface area contributed by atoms with E-state index in [9.17, 15) is 14.4 Å². The Morgan fingerprint density at radius 2 is 1.87 bits per heavy atom. The number of carbonyl (C=O) groups is 3. The zero-order chi connectivity index (χ0) is 21.9. The second-order valence-electron chi connectivity index (χ2n) is 8.41. The van der Waals surface area contributed by atoms with E-state index in [0.717, 1.165) is 28.8 Å². The molecule has 1 aliphatic carbocycles.